The third-order valence-corrected chi connectivity index (χ3v) is 4.33. The Morgan fingerprint density at radius 2 is 1.83 bits per heavy atom. The summed E-state index contributed by atoms with van der Waals surface area (Å²) in [6, 6.07) is 4.19. The molecule has 0 saturated heterocycles. The SMILES string of the molecule is CCOC(=O)C1=C(COC(=O)/C=C/c2ccc(OC)c(OC)c2)NC(=O)N[C@H]1CC. The average Bonchev–Trinajstić information content (AvgIpc) is 2.75. The summed E-state index contributed by atoms with van der Waals surface area (Å²) < 4.78 is 20.7. The molecule has 162 valence electrons. The van der Waals surface area contributed by atoms with Gasteiger partial charge < -0.3 is 29.6 Å². The first-order chi connectivity index (χ1) is 14.4. The highest BCUT2D eigenvalue weighted by atomic mass is 16.5. The molecule has 2 amide bonds. The van der Waals surface area contributed by atoms with Crippen molar-refractivity contribution in [3.8, 4) is 11.5 Å². The van der Waals surface area contributed by atoms with Crippen molar-refractivity contribution < 1.29 is 33.3 Å². The second-order valence-corrected chi connectivity index (χ2v) is 6.23. The quantitative estimate of drug-likeness (QED) is 0.467. The van der Waals surface area contributed by atoms with E-state index in [0.717, 1.165) is 0 Å². The number of benzene rings is 1. The predicted octanol–water partition coefficient (Wildman–Crippen LogP) is 2.17. The topological polar surface area (TPSA) is 112 Å². The molecule has 0 spiro atoms. The summed E-state index contributed by atoms with van der Waals surface area (Å²) in [7, 11) is 3.05. The van der Waals surface area contributed by atoms with Crippen LogP contribution in [-0.4, -0.2) is 51.4 Å². The number of ether oxygens (including phenoxy) is 4. The van der Waals surface area contributed by atoms with E-state index in [-0.39, 0.29) is 24.5 Å². The lowest BCUT2D eigenvalue weighted by Gasteiger charge is -2.28. The summed E-state index contributed by atoms with van der Waals surface area (Å²) in [5.74, 6) is -0.104. The van der Waals surface area contributed by atoms with E-state index in [1.54, 1.807) is 31.2 Å². The monoisotopic (exact) mass is 418 g/mol. The minimum atomic E-state index is -0.638. The Morgan fingerprint density at radius 1 is 1.10 bits per heavy atom. The highest BCUT2D eigenvalue weighted by Crippen LogP contribution is 2.28. The number of carbonyl (C=O) groups excluding carboxylic acids is 3. The number of urea groups is 1. The van der Waals surface area contributed by atoms with Crippen LogP contribution in [0.1, 0.15) is 25.8 Å². The van der Waals surface area contributed by atoms with Gasteiger partial charge in [-0.05, 0) is 37.1 Å². The van der Waals surface area contributed by atoms with Gasteiger partial charge in [0.25, 0.3) is 0 Å². The maximum absolute atomic E-state index is 12.3. The fourth-order valence-corrected chi connectivity index (χ4v) is 2.89. The molecule has 0 radical (unpaired) electrons. The zero-order valence-corrected chi connectivity index (χ0v) is 17.4. The number of nitrogens with one attached hydrogen (secondary N) is 2. The molecule has 2 N–H and O–H groups in total. The van der Waals surface area contributed by atoms with Crippen molar-refractivity contribution in [2.24, 2.45) is 0 Å². The Bertz CT molecular complexity index is 861. The normalized spacial score (nSPS) is 16.0. The minimum absolute atomic E-state index is 0.188. The molecule has 9 heteroatoms. The summed E-state index contributed by atoms with van der Waals surface area (Å²) in [4.78, 5) is 36.3. The molecule has 1 atom stereocenters. The molecule has 0 aliphatic carbocycles. The van der Waals surface area contributed by atoms with Crippen LogP contribution in [-0.2, 0) is 19.1 Å². The lowest BCUT2D eigenvalue weighted by atomic mass is 10.0. The average molecular weight is 418 g/mol. The van der Waals surface area contributed by atoms with Crippen LogP contribution < -0.4 is 20.1 Å². The molecule has 0 aromatic heterocycles. The summed E-state index contributed by atoms with van der Waals surface area (Å²) in [6.45, 7) is 3.43. The third kappa shape index (κ3) is 5.76. The maximum Gasteiger partial charge on any atom is 0.338 e. The number of hydrogen-bond acceptors (Lipinski definition) is 7. The van der Waals surface area contributed by atoms with E-state index in [2.05, 4.69) is 10.6 Å². The van der Waals surface area contributed by atoms with Crippen molar-refractivity contribution in [1.29, 1.82) is 0 Å². The summed E-state index contributed by atoms with van der Waals surface area (Å²) >= 11 is 0. The lowest BCUT2D eigenvalue weighted by molar-refractivity contribution is -0.140. The standard InChI is InChI=1S/C21H26N2O7/c1-5-14-19(20(25)29-6-2)15(23-21(26)22-14)12-30-18(24)10-8-13-7-9-16(27-3)17(11-13)28-4/h7-11,14H,5-6,12H2,1-4H3,(H2,22,23,26)/b10-8+/t14-/m0/s1. The van der Waals surface area contributed by atoms with E-state index in [1.807, 2.05) is 6.92 Å². The fraction of sp³-hybridized carbons (Fsp3) is 0.381. The number of hydrogen-bond donors (Lipinski definition) is 2. The summed E-state index contributed by atoms with van der Waals surface area (Å²) in [5.41, 5.74) is 1.16. The van der Waals surface area contributed by atoms with Gasteiger partial charge in [-0.25, -0.2) is 14.4 Å². The number of carbonyl (C=O) groups is 3. The Balaban J connectivity index is 2.11. The Kier molecular flexibility index (Phi) is 8.28. The Hall–Kier alpha value is -3.49. The van der Waals surface area contributed by atoms with Crippen LogP contribution >= 0.6 is 0 Å². The van der Waals surface area contributed by atoms with Crippen LogP contribution in [0, 0.1) is 0 Å². The Morgan fingerprint density at radius 3 is 2.47 bits per heavy atom. The van der Waals surface area contributed by atoms with Gasteiger partial charge in [0.05, 0.1) is 38.1 Å². The van der Waals surface area contributed by atoms with Crippen LogP contribution in [0.5, 0.6) is 11.5 Å². The fourth-order valence-electron chi connectivity index (χ4n) is 2.89. The van der Waals surface area contributed by atoms with Gasteiger partial charge in [0, 0.05) is 6.08 Å². The van der Waals surface area contributed by atoms with Crippen molar-refractivity contribution >= 4 is 24.0 Å². The third-order valence-electron chi connectivity index (χ3n) is 4.33. The van der Waals surface area contributed by atoms with Gasteiger partial charge in [-0.1, -0.05) is 13.0 Å². The zero-order valence-electron chi connectivity index (χ0n) is 17.4. The maximum atomic E-state index is 12.3. The number of esters is 2. The Labute approximate surface area is 175 Å². The van der Waals surface area contributed by atoms with Crippen LogP contribution in [0.4, 0.5) is 4.79 Å². The molecule has 1 aromatic rings. The highest BCUT2D eigenvalue weighted by Gasteiger charge is 2.31. The number of methoxy groups -OCH3 is 2. The molecule has 1 aliphatic heterocycles. The molecule has 9 nitrogen and oxygen atoms in total. The second-order valence-electron chi connectivity index (χ2n) is 6.23. The van der Waals surface area contributed by atoms with Crippen molar-refractivity contribution in [2.45, 2.75) is 26.3 Å². The van der Waals surface area contributed by atoms with Crippen LogP contribution in [0.3, 0.4) is 0 Å². The second kappa shape index (κ2) is 10.9. The van der Waals surface area contributed by atoms with Crippen molar-refractivity contribution in [3.05, 3.63) is 41.1 Å². The molecule has 30 heavy (non-hydrogen) atoms. The first-order valence-corrected chi connectivity index (χ1v) is 9.47. The minimum Gasteiger partial charge on any atom is -0.493 e. The van der Waals surface area contributed by atoms with Gasteiger partial charge in [-0.15, -0.1) is 0 Å². The van der Waals surface area contributed by atoms with Crippen LogP contribution in [0.25, 0.3) is 6.08 Å². The van der Waals surface area contributed by atoms with Gasteiger partial charge in [0.2, 0.25) is 0 Å². The van der Waals surface area contributed by atoms with E-state index < -0.39 is 24.0 Å². The molecule has 0 fully saturated rings. The molecular weight excluding hydrogens is 392 g/mol. The summed E-state index contributed by atoms with van der Waals surface area (Å²) in [6.07, 6.45) is 3.28. The van der Waals surface area contributed by atoms with Gasteiger partial charge in [-0.2, -0.15) is 0 Å². The first kappa shape index (κ1) is 22.8. The molecule has 1 aliphatic rings. The predicted molar refractivity (Wildman–Crippen MR) is 109 cm³/mol. The van der Waals surface area contributed by atoms with Crippen molar-refractivity contribution in [1.82, 2.24) is 10.6 Å². The molecule has 1 heterocycles. The number of rotatable bonds is 9. The van der Waals surface area contributed by atoms with Gasteiger partial charge >= 0.3 is 18.0 Å². The number of amides is 2. The largest absolute Gasteiger partial charge is 0.493 e. The molecule has 2 rings (SSSR count). The van der Waals surface area contributed by atoms with Crippen LogP contribution in [0.2, 0.25) is 0 Å². The molecule has 0 unspecified atom stereocenters. The van der Waals surface area contributed by atoms with E-state index in [0.29, 0.717) is 23.5 Å². The summed E-state index contributed by atoms with van der Waals surface area (Å²) in [5, 5.41) is 5.18. The van der Waals surface area contributed by atoms with Gasteiger partial charge in [0.15, 0.2) is 11.5 Å². The van der Waals surface area contributed by atoms with E-state index in [9.17, 15) is 14.4 Å². The molecular formula is C21H26N2O7. The van der Waals surface area contributed by atoms with Gasteiger partial charge in [-0.3, -0.25) is 0 Å². The van der Waals surface area contributed by atoms with Crippen molar-refractivity contribution in [2.75, 3.05) is 27.4 Å². The molecule has 1 aromatic carbocycles. The van der Waals surface area contributed by atoms with Crippen LogP contribution in [0.15, 0.2) is 35.5 Å². The van der Waals surface area contributed by atoms with E-state index in [1.165, 1.54) is 20.3 Å². The molecule has 0 bridgehead atoms. The first-order valence-electron chi connectivity index (χ1n) is 9.47. The van der Waals surface area contributed by atoms with Gasteiger partial charge in [0.1, 0.15) is 6.61 Å². The highest BCUT2D eigenvalue weighted by molar-refractivity contribution is 5.95. The molecule has 0 saturated carbocycles. The van der Waals surface area contributed by atoms with Crippen molar-refractivity contribution in [3.63, 3.8) is 0 Å². The smallest absolute Gasteiger partial charge is 0.338 e. The lowest BCUT2D eigenvalue weighted by Crippen LogP contribution is -2.51. The zero-order chi connectivity index (χ0) is 22.1. The van der Waals surface area contributed by atoms with E-state index >= 15 is 0 Å². The van der Waals surface area contributed by atoms with E-state index in [4.69, 9.17) is 18.9 Å².